The van der Waals surface area contributed by atoms with Gasteiger partial charge >= 0.3 is 5.97 Å². The van der Waals surface area contributed by atoms with Crippen LogP contribution in [0.15, 0.2) is 12.2 Å². The van der Waals surface area contributed by atoms with E-state index in [0.717, 1.165) is 44.9 Å². The first kappa shape index (κ1) is 66.8. The number of esters is 1. The van der Waals surface area contributed by atoms with Crippen LogP contribution in [-0.2, 0) is 33.2 Å². The summed E-state index contributed by atoms with van der Waals surface area (Å²) in [7, 11) is 0. The van der Waals surface area contributed by atoms with Crippen LogP contribution >= 0.6 is 0 Å². The standard InChI is InChI=1S/C58H110O14/c1-3-5-7-9-11-13-15-17-19-21-22-23-24-25-27-29-31-33-35-37-39-41-50(60)70-47(44-67-42-40-38-36-34-32-30-28-26-20-18-16-14-12-10-8-6-4-2)45-68-57-56(66)54(64)52(62)49(72-57)46-69-58-55(65)53(63)51(61)48(43-59)71-58/h20,26,47-49,51-59,61-66H,3-19,21-25,27-46H2,1-2H3/b26-20-. The van der Waals surface area contributed by atoms with Crippen LogP contribution in [0.1, 0.15) is 251 Å². The molecule has 2 heterocycles. The second-order valence-electron chi connectivity index (χ2n) is 21.2. The van der Waals surface area contributed by atoms with Crippen molar-refractivity contribution >= 4 is 5.97 Å². The van der Waals surface area contributed by atoms with E-state index in [1.54, 1.807) is 0 Å². The molecule has 14 nitrogen and oxygen atoms in total. The first-order valence-electron chi connectivity index (χ1n) is 29.8. The SMILES string of the molecule is CCCCCCCCC/C=C\CCCCCCCCOCC(COC1OC(COC2OC(CO)C(O)C(O)C2O)C(O)C(O)C1O)OC(=O)CCCCCCCCCCCCCCCCCCCCCCC. The van der Waals surface area contributed by atoms with Crippen molar-refractivity contribution in [2.75, 3.05) is 33.0 Å². The molecule has 11 unspecified atom stereocenters. The molecule has 0 radical (unpaired) electrons. The third-order valence-electron chi connectivity index (χ3n) is 14.5. The largest absolute Gasteiger partial charge is 0.457 e. The number of unbranched alkanes of at least 4 members (excludes halogenated alkanes) is 33. The minimum absolute atomic E-state index is 0.0634. The summed E-state index contributed by atoms with van der Waals surface area (Å²) >= 11 is 0. The maximum Gasteiger partial charge on any atom is 0.306 e. The van der Waals surface area contributed by atoms with Crippen molar-refractivity contribution in [2.45, 2.75) is 319 Å². The molecule has 0 saturated carbocycles. The number of carbonyl (C=O) groups excluding carboxylic acids is 1. The lowest BCUT2D eigenvalue weighted by atomic mass is 9.98. The quantitative estimate of drug-likeness (QED) is 0.0172. The van der Waals surface area contributed by atoms with Gasteiger partial charge in [-0.3, -0.25) is 4.79 Å². The molecule has 0 aromatic heterocycles. The Morgan fingerprint density at radius 1 is 0.444 bits per heavy atom. The molecule has 2 rings (SSSR count). The topological polar surface area (TPSA) is 214 Å². The molecule has 2 aliphatic rings. The summed E-state index contributed by atoms with van der Waals surface area (Å²) in [5.74, 6) is -0.371. The van der Waals surface area contributed by atoms with Gasteiger partial charge in [-0.1, -0.05) is 219 Å². The fraction of sp³-hybridized carbons (Fsp3) is 0.948. The van der Waals surface area contributed by atoms with Gasteiger partial charge in [-0.05, 0) is 38.5 Å². The van der Waals surface area contributed by atoms with Crippen LogP contribution in [0.2, 0.25) is 0 Å². The molecule has 0 aliphatic carbocycles. The summed E-state index contributed by atoms with van der Waals surface area (Å²) in [5, 5.41) is 72.3. The van der Waals surface area contributed by atoms with Gasteiger partial charge in [0.25, 0.3) is 0 Å². The van der Waals surface area contributed by atoms with Gasteiger partial charge in [-0.25, -0.2) is 0 Å². The van der Waals surface area contributed by atoms with E-state index in [4.69, 9.17) is 28.4 Å². The molecule has 7 N–H and O–H groups in total. The van der Waals surface area contributed by atoms with Crippen LogP contribution < -0.4 is 0 Å². The highest BCUT2D eigenvalue weighted by atomic mass is 16.7. The molecular formula is C58H110O14. The van der Waals surface area contributed by atoms with E-state index in [-0.39, 0.29) is 25.6 Å². The molecule has 14 heteroatoms. The zero-order chi connectivity index (χ0) is 52.3. The van der Waals surface area contributed by atoms with Crippen molar-refractivity contribution in [3.8, 4) is 0 Å². The van der Waals surface area contributed by atoms with Gasteiger partial charge in [-0.15, -0.1) is 0 Å². The average Bonchev–Trinajstić information content (AvgIpc) is 3.38. The molecule has 72 heavy (non-hydrogen) atoms. The molecule has 0 bridgehead atoms. The Morgan fingerprint density at radius 2 is 0.819 bits per heavy atom. The van der Waals surface area contributed by atoms with Gasteiger partial charge in [0.1, 0.15) is 54.9 Å². The maximum absolute atomic E-state index is 13.1. The highest BCUT2D eigenvalue weighted by Gasteiger charge is 2.47. The first-order chi connectivity index (χ1) is 35.1. The number of aliphatic hydroxyl groups excluding tert-OH is 7. The third-order valence-corrected chi connectivity index (χ3v) is 14.5. The fourth-order valence-electron chi connectivity index (χ4n) is 9.69. The number of allylic oxidation sites excluding steroid dienone is 2. The van der Waals surface area contributed by atoms with Crippen LogP contribution in [-0.4, -0.2) is 142 Å². The summed E-state index contributed by atoms with van der Waals surface area (Å²) in [6.07, 6.45) is 34.1. The van der Waals surface area contributed by atoms with E-state index in [1.807, 2.05) is 0 Å². The zero-order valence-corrected chi connectivity index (χ0v) is 45.7. The second-order valence-corrected chi connectivity index (χ2v) is 21.2. The highest BCUT2D eigenvalue weighted by Crippen LogP contribution is 2.27. The summed E-state index contributed by atoms with van der Waals surface area (Å²) in [6.45, 7) is 3.73. The first-order valence-corrected chi connectivity index (χ1v) is 29.8. The Labute approximate surface area is 437 Å². The summed E-state index contributed by atoms with van der Waals surface area (Å²) in [5.41, 5.74) is 0. The molecule has 2 aliphatic heterocycles. The number of carbonyl (C=O) groups is 1. The van der Waals surface area contributed by atoms with Crippen LogP contribution in [0.25, 0.3) is 0 Å². The minimum Gasteiger partial charge on any atom is -0.457 e. The third kappa shape index (κ3) is 32.3. The molecule has 11 atom stereocenters. The number of ether oxygens (including phenoxy) is 6. The monoisotopic (exact) mass is 1030 g/mol. The van der Waals surface area contributed by atoms with Gasteiger partial charge in [-0.2, -0.15) is 0 Å². The van der Waals surface area contributed by atoms with Gasteiger partial charge in [0.15, 0.2) is 12.6 Å². The lowest BCUT2D eigenvalue weighted by molar-refractivity contribution is -0.332. The molecule has 0 aromatic carbocycles. The summed E-state index contributed by atoms with van der Waals surface area (Å²) in [6, 6.07) is 0. The van der Waals surface area contributed by atoms with Crippen LogP contribution in [0, 0.1) is 0 Å². The molecular weight excluding hydrogens is 921 g/mol. The van der Waals surface area contributed by atoms with Crippen LogP contribution in [0.3, 0.4) is 0 Å². The van der Waals surface area contributed by atoms with Crippen LogP contribution in [0.4, 0.5) is 0 Å². The van der Waals surface area contributed by atoms with E-state index in [2.05, 4.69) is 26.0 Å². The van der Waals surface area contributed by atoms with Crippen molar-refractivity contribution in [2.24, 2.45) is 0 Å². The van der Waals surface area contributed by atoms with E-state index in [1.165, 1.54) is 180 Å². The molecule has 0 amide bonds. The van der Waals surface area contributed by atoms with Gasteiger partial charge < -0.3 is 64.2 Å². The Kier molecular flexibility index (Phi) is 42.6. The minimum atomic E-state index is -1.70. The molecule has 426 valence electrons. The Balaban J connectivity index is 1.70. The lowest BCUT2D eigenvalue weighted by Gasteiger charge is -2.42. The molecule has 2 saturated heterocycles. The zero-order valence-electron chi connectivity index (χ0n) is 45.7. The van der Waals surface area contributed by atoms with Crippen molar-refractivity contribution in [3.63, 3.8) is 0 Å². The van der Waals surface area contributed by atoms with Crippen molar-refractivity contribution < 1.29 is 69.0 Å². The molecule has 0 spiro atoms. The van der Waals surface area contributed by atoms with E-state index in [9.17, 15) is 40.5 Å². The highest BCUT2D eigenvalue weighted by molar-refractivity contribution is 5.69. The summed E-state index contributed by atoms with van der Waals surface area (Å²) in [4.78, 5) is 13.1. The van der Waals surface area contributed by atoms with E-state index in [0.29, 0.717) is 13.0 Å². The van der Waals surface area contributed by atoms with Crippen molar-refractivity contribution in [1.29, 1.82) is 0 Å². The molecule has 2 fully saturated rings. The Morgan fingerprint density at radius 3 is 1.26 bits per heavy atom. The van der Waals surface area contributed by atoms with Gasteiger partial charge in [0.05, 0.1) is 26.4 Å². The van der Waals surface area contributed by atoms with Gasteiger partial charge in [0, 0.05) is 13.0 Å². The number of aliphatic hydroxyl groups is 7. The average molecular weight is 1030 g/mol. The maximum atomic E-state index is 13.1. The lowest BCUT2D eigenvalue weighted by Crippen LogP contribution is -2.61. The Bertz CT molecular complexity index is 1240. The predicted octanol–water partition coefficient (Wildman–Crippen LogP) is 10.6. The normalized spacial score (nSPS) is 25.1. The van der Waals surface area contributed by atoms with E-state index < -0.39 is 80.7 Å². The van der Waals surface area contributed by atoms with Crippen molar-refractivity contribution in [1.82, 2.24) is 0 Å². The van der Waals surface area contributed by atoms with Gasteiger partial charge in [0.2, 0.25) is 0 Å². The van der Waals surface area contributed by atoms with Crippen LogP contribution in [0.5, 0.6) is 0 Å². The van der Waals surface area contributed by atoms with Crippen molar-refractivity contribution in [3.05, 3.63) is 12.2 Å². The molecule has 0 aromatic rings. The summed E-state index contributed by atoms with van der Waals surface area (Å²) < 4.78 is 34.4. The Hall–Kier alpha value is -1.27. The fourth-order valence-corrected chi connectivity index (χ4v) is 9.69. The predicted molar refractivity (Wildman–Crippen MR) is 284 cm³/mol. The number of hydrogen-bond acceptors (Lipinski definition) is 14. The number of hydrogen-bond donors (Lipinski definition) is 7. The number of rotatable bonds is 49. The van der Waals surface area contributed by atoms with E-state index >= 15 is 0 Å². The second kappa shape index (κ2) is 45.9. The smallest absolute Gasteiger partial charge is 0.306 e.